The number of rotatable bonds is 4. The van der Waals surface area contributed by atoms with Crippen molar-refractivity contribution < 1.29 is 19.1 Å². The molecule has 1 unspecified atom stereocenters. The van der Waals surface area contributed by atoms with Crippen molar-refractivity contribution in [3.63, 3.8) is 0 Å². The maximum Gasteiger partial charge on any atom is 0.308 e. The molecule has 0 bridgehead atoms. The van der Waals surface area contributed by atoms with Crippen LogP contribution in [0.5, 0.6) is 0 Å². The first kappa shape index (κ1) is 13.6. The summed E-state index contributed by atoms with van der Waals surface area (Å²) in [4.78, 5) is 22.1. The van der Waals surface area contributed by atoms with E-state index in [1.54, 1.807) is 6.07 Å². The SMILES string of the molecule is CC(CNC(=O)c1ccc(Br)cc1F)C(=O)O. The summed E-state index contributed by atoms with van der Waals surface area (Å²) < 4.78 is 13.9. The van der Waals surface area contributed by atoms with Crippen molar-refractivity contribution in [1.82, 2.24) is 5.32 Å². The van der Waals surface area contributed by atoms with Gasteiger partial charge in [0.2, 0.25) is 0 Å². The van der Waals surface area contributed by atoms with Crippen molar-refractivity contribution in [3.05, 3.63) is 34.1 Å². The first-order valence-corrected chi connectivity index (χ1v) is 5.67. The molecule has 4 nitrogen and oxygen atoms in total. The fourth-order valence-electron chi connectivity index (χ4n) is 1.10. The normalized spacial score (nSPS) is 11.9. The minimum Gasteiger partial charge on any atom is -0.481 e. The van der Waals surface area contributed by atoms with E-state index in [1.807, 2.05) is 0 Å². The molecule has 0 saturated heterocycles. The summed E-state index contributed by atoms with van der Waals surface area (Å²) in [5.74, 6) is -3.00. The Morgan fingerprint density at radius 3 is 2.71 bits per heavy atom. The lowest BCUT2D eigenvalue weighted by atomic mass is 10.1. The van der Waals surface area contributed by atoms with E-state index in [0.717, 1.165) is 0 Å². The van der Waals surface area contributed by atoms with E-state index in [9.17, 15) is 14.0 Å². The van der Waals surface area contributed by atoms with Crippen LogP contribution >= 0.6 is 15.9 Å². The average Bonchev–Trinajstić information content (AvgIpc) is 2.25. The molecule has 0 heterocycles. The first-order chi connectivity index (χ1) is 7.91. The molecule has 0 aromatic heterocycles. The van der Waals surface area contributed by atoms with Gasteiger partial charge in [0.05, 0.1) is 11.5 Å². The zero-order valence-corrected chi connectivity index (χ0v) is 10.6. The third-order valence-corrected chi connectivity index (χ3v) is 2.66. The lowest BCUT2D eigenvalue weighted by molar-refractivity contribution is -0.140. The van der Waals surface area contributed by atoms with Gasteiger partial charge >= 0.3 is 5.97 Å². The minimum absolute atomic E-state index is 0.0380. The number of carboxylic acids is 1. The summed E-state index contributed by atoms with van der Waals surface area (Å²) in [6.07, 6.45) is 0. The Kier molecular flexibility index (Phi) is 4.62. The number of hydrogen-bond acceptors (Lipinski definition) is 2. The maximum absolute atomic E-state index is 13.4. The topological polar surface area (TPSA) is 66.4 Å². The quantitative estimate of drug-likeness (QED) is 0.894. The van der Waals surface area contributed by atoms with E-state index < -0.39 is 23.6 Å². The van der Waals surface area contributed by atoms with Crippen LogP contribution in [0.4, 0.5) is 4.39 Å². The minimum atomic E-state index is -1.01. The summed E-state index contributed by atoms with van der Waals surface area (Å²) in [6.45, 7) is 1.42. The second-order valence-electron chi connectivity index (χ2n) is 3.57. The number of carboxylic acid groups (broad SMARTS) is 1. The zero-order chi connectivity index (χ0) is 13.0. The molecule has 0 fully saturated rings. The van der Waals surface area contributed by atoms with Gasteiger partial charge in [0.1, 0.15) is 5.82 Å². The first-order valence-electron chi connectivity index (χ1n) is 4.88. The van der Waals surface area contributed by atoms with E-state index in [2.05, 4.69) is 21.2 Å². The number of nitrogens with one attached hydrogen (secondary N) is 1. The largest absolute Gasteiger partial charge is 0.481 e. The van der Waals surface area contributed by atoms with Gasteiger partial charge in [0.25, 0.3) is 5.91 Å². The van der Waals surface area contributed by atoms with Crippen LogP contribution in [0, 0.1) is 11.7 Å². The van der Waals surface area contributed by atoms with E-state index in [4.69, 9.17) is 5.11 Å². The standard InChI is InChI=1S/C11H11BrFNO3/c1-6(11(16)17)5-14-10(15)8-3-2-7(12)4-9(8)13/h2-4,6H,5H2,1H3,(H,14,15)(H,16,17). The number of carbonyl (C=O) groups excluding carboxylic acids is 1. The van der Waals surface area contributed by atoms with Crippen molar-refractivity contribution in [2.75, 3.05) is 6.54 Å². The summed E-state index contributed by atoms with van der Waals surface area (Å²) >= 11 is 3.08. The third-order valence-electron chi connectivity index (χ3n) is 2.17. The van der Waals surface area contributed by atoms with Crippen LogP contribution in [0.25, 0.3) is 0 Å². The van der Waals surface area contributed by atoms with Gasteiger partial charge < -0.3 is 10.4 Å². The predicted octanol–water partition coefficient (Wildman–Crippen LogP) is 2.04. The zero-order valence-electron chi connectivity index (χ0n) is 9.04. The second-order valence-corrected chi connectivity index (χ2v) is 4.49. The molecule has 92 valence electrons. The molecule has 1 rings (SSSR count). The van der Waals surface area contributed by atoms with Crippen molar-refractivity contribution in [1.29, 1.82) is 0 Å². The van der Waals surface area contributed by atoms with Crippen LogP contribution in [0.1, 0.15) is 17.3 Å². The van der Waals surface area contributed by atoms with Crippen molar-refractivity contribution in [2.24, 2.45) is 5.92 Å². The van der Waals surface area contributed by atoms with Gasteiger partial charge in [0, 0.05) is 11.0 Å². The van der Waals surface area contributed by atoms with Crippen LogP contribution < -0.4 is 5.32 Å². The van der Waals surface area contributed by atoms with Gasteiger partial charge in [-0.25, -0.2) is 4.39 Å². The Hall–Kier alpha value is -1.43. The fourth-order valence-corrected chi connectivity index (χ4v) is 1.44. The van der Waals surface area contributed by atoms with Crippen LogP contribution in [-0.2, 0) is 4.79 Å². The highest BCUT2D eigenvalue weighted by Gasteiger charge is 2.15. The summed E-state index contributed by atoms with van der Waals surface area (Å²) in [6, 6.07) is 4.05. The Labute approximate surface area is 106 Å². The number of benzene rings is 1. The smallest absolute Gasteiger partial charge is 0.308 e. The van der Waals surface area contributed by atoms with Gasteiger partial charge in [-0.2, -0.15) is 0 Å². The molecule has 0 aliphatic heterocycles. The molecule has 1 amide bonds. The van der Waals surface area contributed by atoms with Gasteiger partial charge in [-0.05, 0) is 18.2 Å². The lowest BCUT2D eigenvalue weighted by Gasteiger charge is -2.09. The van der Waals surface area contributed by atoms with Crippen LogP contribution in [-0.4, -0.2) is 23.5 Å². The molecule has 6 heteroatoms. The molecule has 17 heavy (non-hydrogen) atoms. The van der Waals surface area contributed by atoms with Gasteiger partial charge in [-0.3, -0.25) is 9.59 Å². The van der Waals surface area contributed by atoms with Crippen LogP contribution in [0.15, 0.2) is 22.7 Å². The van der Waals surface area contributed by atoms with Gasteiger partial charge in [-0.1, -0.05) is 22.9 Å². The monoisotopic (exact) mass is 303 g/mol. The van der Waals surface area contributed by atoms with Crippen LogP contribution in [0.3, 0.4) is 0 Å². The number of hydrogen-bond donors (Lipinski definition) is 2. The van der Waals surface area contributed by atoms with Gasteiger partial charge in [0.15, 0.2) is 0 Å². The Morgan fingerprint density at radius 1 is 1.53 bits per heavy atom. The molecule has 0 saturated carbocycles. The molecule has 0 spiro atoms. The van der Waals surface area contributed by atoms with Crippen molar-refractivity contribution in [2.45, 2.75) is 6.92 Å². The third kappa shape index (κ3) is 3.81. The van der Waals surface area contributed by atoms with E-state index in [-0.39, 0.29) is 12.1 Å². The summed E-state index contributed by atoms with van der Waals surface area (Å²) in [5, 5.41) is 11.0. The molecular weight excluding hydrogens is 293 g/mol. The molecule has 2 N–H and O–H groups in total. The highest BCUT2D eigenvalue weighted by molar-refractivity contribution is 9.10. The Bertz CT molecular complexity index is 450. The summed E-state index contributed by atoms with van der Waals surface area (Å²) in [7, 11) is 0. The number of halogens is 2. The molecule has 1 atom stereocenters. The van der Waals surface area contributed by atoms with E-state index in [1.165, 1.54) is 19.1 Å². The number of carbonyl (C=O) groups is 2. The number of aliphatic carboxylic acids is 1. The number of amides is 1. The van der Waals surface area contributed by atoms with Gasteiger partial charge in [-0.15, -0.1) is 0 Å². The van der Waals surface area contributed by atoms with Crippen molar-refractivity contribution >= 4 is 27.8 Å². The van der Waals surface area contributed by atoms with E-state index >= 15 is 0 Å². The van der Waals surface area contributed by atoms with Crippen molar-refractivity contribution in [3.8, 4) is 0 Å². The highest BCUT2D eigenvalue weighted by Crippen LogP contribution is 2.15. The molecule has 0 aliphatic rings. The molecule has 0 aliphatic carbocycles. The molecule has 0 radical (unpaired) electrons. The maximum atomic E-state index is 13.4. The second kappa shape index (κ2) is 5.77. The predicted molar refractivity (Wildman–Crippen MR) is 63.2 cm³/mol. The highest BCUT2D eigenvalue weighted by atomic mass is 79.9. The molecule has 1 aromatic rings. The van der Waals surface area contributed by atoms with E-state index in [0.29, 0.717) is 4.47 Å². The van der Waals surface area contributed by atoms with Crippen LogP contribution in [0.2, 0.25) is 0 Å². The average molecular weight is 304 g/mol. The summed E-state index contributed by atoms with van der Waals surface area (Å²) in [5.41, 5.74) is -0.106. The fraction of sp³-hybridized carbons (Fsp3) is 0.273. The molecular formula is C11H11BrFNO3. The Morgan fingerprint density at radius 2 is 2.18 bits per heavy atom. The lowest BCUT2D eigenvalue weighted by Crippen LogP contribution is -2.31. The molecule has 1 aromatic carbocycles. The Balaban J connectivity index is 2.67.